The highest BCUT2D eigenvalue weighted by Gasteiger charge is 2.19. The van der Waals surface area contributed by atoms with Gasteiger partial charge in [0.2, 0.25) is 0 Å². The number of likely N-dealkylation sites (N-methyl/N-ethyl adjacent to an activating group) is 1. The van der Waals surface area contributed by atoms with Gasteiger partial charge in [-0.2, -0.15) is 0 Å². The molecule has 0 aliphatic heterocycles. The summed E-state index contributed by atoms with van der Waals surface area (Å²) < 4.78 is 19.5. The Balaban J connectivity index is 2.33. The van der Waals surface area contributed by atoms with Gasteiger partial charge >= 0.3 is 0 Å². The number of hydrogen-bond acceptors (Lipinski definition) is 2. The second-order valence-electron chi connectivity index (χ2n) is 4.77. The van der Waals surface area contributed by atoms with Gasteiger partial charge in [0.1, 0.15) is 0 Å². The maximum absolute atomic E-state index is 14.5. The first-order valence-corrected chi connectivity index (χ1v) is 7.34. The summed E-state index contributed by atoms with van der Waals surface area (Å²) in [6.45, 7) is 2.74. The summed E-state index contributed by atoms with van der Waals surface area (Å²) in [5, 5.41) is 4.01. The van der Waals surface area contributed by atoms with E-state index in [4.69, 9.17) is 16.3 Å². The van der Waals surface area contributed by atoms with Crippen LogP contribution in [0.1, 0.15) is 24.1 Å². The average molecular weight is 308 g/mol. The molecule has 1 unspecified atom stereocenters. The largest absolute Gasteiger partial charge is 0.494 e. The summed E-state index contributed by atoms with van der Waals surface area (Å²) in [7, 11) is 1.47. The number of benzene rings is 2. The van der Waals surface area contributed by atoms with Crippen LogP contribution >= 0.6 is 11.6 Å². The van der Waals surface area contributed by atoms with Crippen molar-refractivity contribution in [3.05, 3.63) is 64.4 Å². The van der Waals surface area contributed by atoms with Crippen molar-refractivity contribution >= 4 is 11.6 Å². The van der Waals surface area contributed by atoms with Crippen molar-refractivity contribution < 1.29 is 9.13 Å². The third-order valence-corrected chi connectivity index (χ3v) is 3.79. The lowest BCUT2D eigenvalue weighted by Gasteiger charge is -2.20. The second-order valence-corrected chi connectivity index (χ2v) is 5.18. The van der Waals surface area contributed by atoms with Gasteiger partial charge in [-0.3, -0.25) is 0 Å². The van der Waals surface area contributed by atoms with Crippen LogP contribution in [-0.2, 0) is 6.42 Å². The van der Waals surface area contributed by atoms with Gasteiger partial charge in [0.05, 0.1) is 7.11 Å². The molecule has 0 amide bonds. The third kappa shape index (κ3) is 3.74. The molecular formula is C17H19ClFNO. The van der Waals surface area contributed by atoms with E-state index in [9.17, 15) is 4.39 Å². The molecule has 0 aromatic heterocycles. The Morgan fingerprint density at radius 3 is 2.62 bits per heavy atom. The molecule has 0 saturated heterocycles. The normalized spacial score (nSPS) is 12.2. The molecule has 0 saturated carbocycles. The first-order chi connectivity index (χ1) is 10.2. The van der Waals surface area contributed by atoms with Crippen LogP contribution in [0.25, 0.3) is 0 Å². The van der Waals surface area contributed by atoms with Crippen LogP contribution in [0.4, 0.5) is 4.39 Å². The van der Waals surface area contributed by atoms with Crippen molar-refractivity contribution in [2.45, 2.75) is 19.4 Å². The van der Waals surface area contributed by atoms with Crippen LogP contribution in [0, 0.1) is 5.82 Å². The maximum Gasteiger partial charge on any atom is 0.169 e. The summed E-state index contributed by atoms with van der Waals surface area (Å²) in [6.07, 6.45) is 0.623. The number of hydrogen-bond donors (Lipinski definition) is 1. The minimum atomic E-state index is -0.321. The van der Waals surface area contributed by atoms with Gasteiger partial charge in [-0.25, -0.2) is 4.39 Å². The van der Waals surface area contributed by atoms with Crippen LogP contribution in [0.5, 0.6) is 5.75 Å². The van der Waals surface area contributed by atoms with Crippen molar-refractivity contribution in [2.75, 3.05) is 13.7 Å². The first-order valence-electron chi connectivity index (χ1n) is 6.96. The van der Waals surface area contributed by atoms with E-state index in [-0.39, 0.29) is 17.6 Å². The van der Waals surface area contributed by atoms with Crippen LogP contribution in [0.15, 0.2) is 42.5 Å². The Kier molecular flexibility index (Phi) is 5.59. The summed E-state index contributed by atoms with van der Waals surface area (Å²) in [6, 6.07) is 12.7. The fourth-order valence-electron chi connectivity index (χ4n) is 2.38. The highest BCUT2D eigenvalue weighted by Crippen LogP contribution is 2.29. The third-order valence-electron chi connectivity index (χ3n) is 3.42. The molecule has 0 radical (unpaired) electrons. The number of methoxy groups -OCH3 is 1. The van der Waals surface area contributed by atoms with E-state index in [1.807, 2.05) is 31.2 Å². The Hall–Kier alpha value is -1.58. The molecule has 112 valence electrons. The molecule has 0 heterocycles. The zero-order valence-corrected chi connectivity index (χ0v) is 13.0. The van der Waals surface area contributed by atoms with E-state index >= 15 is 0 Å². The monoisotopic (exact) mass is 307 g/mol. The van der Waals surface area contributed by atoms with E-state index in [0.29, 0.717) is 17.0 Å². The van der Waals surface area contributed by atoms with Gasteiger partial charge < -0.3 is 10.1 Å². The zero-order valence-electron chi connectivity index (χ0n) is 12.2. The molecule has 2 rings (SSSR count). The molecule has 2 aromatic rings. The summed E-state index contributed by atoms with van der Waals surface area (Å²) in [4.78, 5) is 0. The van der Waals surface area contributed by atoms with Gasteiger partial charge in [0.15, 0.2) is 11.6 Å². The minimum absolute atomic E-state index is 0.148. The second kappa shape index (κ2) is 7.43. The average Bonchev–Trinajstić information content (AvgIpc) is 2.49. The van der Waals surface area contributed by atoms with Crippen molar-refractivity contribution in [1.82, 2.24) is 5.32 Å². The van der Waals surface area contributed by atoms with Crippen molar-refractivity contribution in [3.63, 3.8) is 0 Å². The number of nitrogens with one attached hydrogen (secondary N) is 1. The molecule has 21 heavy (non-hydrogen) atoms. The quantitative estimate of drug-likeness (QED) is 0.855. The minimum Gasteiger partial charge on any atom is -0.494 e. The molecule has 0 spiro atoms. The predicted molar refractivity (Wildman–Crippen MR) is 84.5 cm³/mol. The lowest BCUT2D eigenvalue weighted by molar-refractivity contribution is 0.379. The van der Waals surface area contributed by atoms with Crippen LogP contribution < -0.4 is 10.1 Å². The van der Waals surface area contributed by atoms with E-state index in [2.05, 4.69) is 5.32 Å². The highest BCUT2D eigenvalue weighted by molar-refractivity contribution is 6.31. The van der Waals surface area contributed by atoms with Crippen molar-refractivity contribution in [1.29, 1.82) is 0 Å². The molecule has 1 N–H and O–H groups in total. The van der Waals surface area contributed by atoms with Gasteiger partial charge in [-0.1, -0.05) is 48.9 Å². The van der Waals surface area contributed by atoms with E-state index < -0.39 is 0 Å². The highest BCUT2D eigenvalue weighted by atomic mass is 35.5. The Morgan fingerprint density at radius 2 is 1.95 bits per heavy atom. The fourth-order valence-corrected chi connectivity index (χ4v) is 2.59. The van der Waals surface area contributed by atoms with Crippen LogP contribution in [0.2, 0.25) is 5.02 Å². The molecular weight excluding hydrogens is 289 g/mol. The summed E-state index contributed by atoms with van der Waals surface area (Å²) >= 11 is 6.21. The van der Waals surface area contributed by atoms with E-state index in [1.54, 1.807) is 18.2 Å². The first kappa shape index (κ1) is 15.8. The lowest BCUT2D eigenvalue weighted by atomic mass is 9.98. The van der Waals surface area contributed by atoms with E-state index in [0.717, 1.165) is 12.1 Å². The van der Waals surface area contributed by atoms with Crippen LogP contribution in [-0.4, -0.2) is 13.7 Å². The molecule has 0 aliphatic rings. The molecule has 2 nitrogen and oxygen atoms in total. The van der Waals surface area contributed by atoms with Gasteiger partial charge in [0.25, 0.3) is 0 Å². The molecule has 4 heteroatoms. The van der Waals surface area contributed by atoms with E-state index in [1.165, 1.54) is 7.11 Å². The van der Waals surface area contributed by atoms with Crippen molar-refractivity contribution in [2.24, 2.45) is 0 Å². The van der Waals surface area contributed by atoms with Gasteiger partial charge in [-0.15, -0.1) is 0 Å². The Morgan fingerprint density at radius 1 is 1.19 bits per heavy atom. The Labute approximate surface area is 129 Å². The molecule has 2 aromatic carbocycles. The summed E-state index contributed by atoms with van der Waals surface area (Å²) in [5.74, 6) is -0.0624. The smallest absolute Gasteiger partial charge is 0.169 e. The lowest BCUT2D eigenvalue weighted by Crippen LogP contribution is -2.24. The van der Waals surface area contributed by atoms with Crippen LogP contribution in [0.3, 0.4) is 0 Å². The maximum atomic E-state index is 14.5. The summed E-state index contributed by atoms with van der Waals surface area (Å²) in [5.41, 5.74) is 1.59. The molecule has 0 bridgehead atoms. The zero-order chi connectivity index (χ0) is 15.2. The SMILES string of the molecule is CCNC(Cc1ccccc1Cl)c1cccc(OC)c1F. The number of halogens is 2. The van der Waals surface area contributed by atoms with Gasteiger partial charge in [0, 0.05) is 16.6 Å². The molecule has 0 aliphatic carbocycles. The predicted octanol–water partition coefficient (Wildman–Crippen LogP) is 4.38. The van der Waals surface area contributed by atoms with Gasteiger partial charge in [-0.05, 0) is 30.7 Å². The fraction of sp³-hybridized carbons (Fsp3) is 0.294. The van der Waals surface area contributed by atoms with Crippen molar-refractivity contribution in [3.8, 4) is 5.75 Å². The molecule has 0 fully saturated rings. The Bertz CT molecular complexity index is 603. The number of rotatable bonds is 6. The molecule has 1 atom stereocenters. The topological polar surface area (TPSA) is 21.3 Å². The standard InChI is InChI=1S/C17H19ClFNO/c1-3-20-15(11-12-7-4-5-9-14(12)18)13-8-6-10-16(21-2)17(13)19/h4-10,15,20H,3,11H2,1-2H3. The number of ether oxygens (including phenoxy) is 1.